The van der Waals surface area contributed by atoms with E-state index in [0.29, 0.717) is 12.0 Å². The minimum atomic E-state index is 0.153. The predicted octanol–water partition coefficient (Wildman–Crippen LogP) is 3.04. The van der Waals surface area contributed by atoms with Gasteiger partial charge in [0.05, 0.1) is 5.69 Å². The highest BCUT2D eigenvalue weighted by atomic mass is 16.2. The second kappa shape index (κ2) is 6.17. The highest BCUT2D eigenvalue weighted by molar-refractivity contribution is 5.75. The number of likely N-dealkylation sites (tertiary alicyclic amines) is 1. The number of fused-ring (bicyclic) bond motifs is 2. The number of rotatable bonds is 2. The predicted molar refractivity (Wildman–Crippen MR) is 89.4 cm³/mol. The summed E-state index contributed by atoms with van der Waals surface area (Å²) in [5, 5.41) is 3.21. The number of aryl methyl sites for hydroxylation is 2. The van der Waals surface area contributed by atoms with Gasteiger partial charge in [0.1, 0.15) is 5.82 Å². The molecule has 126 valence electrons. The monoisotopic (exact) mass is 316 g/mol. The van der Waals surface area contributed by atoms with Crippen molar-refractivity contribution >= 4 is 6.03 Å². The summed E-state index contributed by atoms with van der Waals surface area (Å²) in [5.41, 5.74) is 1.09. The number of imidazole rings is 1. The summed E-state index contributed by atoms with van der Waals surface area (Å²) in [7, 11) is 0. The molecule has 5 nitrogen and oxygen atoms in total. The molecule has 0 radical (unpaired) electrons. The standard InChI is InChI=1S/C18H28N4O/c1-13-12-21-9-4-6-15(17(21)20-13)11-19-18(23)22-10-8-14-5-2-3-7-16(14)22/h12,14-16H,2-11H2,1H3,(H,19,23)/t14-,15-,16-/m1/s1. The topological polar surface area (TPSA) is 50.2 Å². The molecule has 0 unspecified atom stereocenters. The van der Waals surface area contributed by atoms with E-state index in [1.165, 1.54) is 38.5 Å². The lowest BCUT2D eigenvalue weighted by atomic mass is 9.85. The van der Waals surface area contributed by atoms with Gasteiger partial charge in [-0.25, -0.2) is 9.78 Å². The van der Waals surface area contributed by atoms with Crippen LogP contribution in [0.2, 0.25) is 0 Å². The lowest BCUT2D eigenvalue weighted by Crippen LogP contribution is -2.46. The van der Waals surface area contributed by atoms with Gasteiger partial charge >= 0.3 is 6.03 Å². The number of carbonyl (C=O) groups is 1. The first-order valence-electron chi connectivity index (χ1n) is 9.30. The fourth-order valence-corrected chi connectivity index (χ4v) is 4.87. The van der Waals surface area contributed by atoms with E-state index in [9.17, 15) is 4.79 Å². The third kappa shape index (κ3) is 2.86. The summed E-state index contributed by atoms with van der Waals surface area (Å²) >= 11 is 0. The zero-order valence-electron chi connectivity index (χ0n) is 14.1. The molecule has 4 rings (SSSR count). The van der Waals surface area contributed by atoms with Crippen LogP contribution in [0.1, 0.15) is 62.4 Å². The fourth-order valence-electron chi connectivity index (χ4n) is 4.87. The number of carbonyl (C=O) groups excluding carboxylic acids is 1. The Kier molecular flexibility index (Phi) is 4.04. The second-order valence-corrected chi connectivity index (χ2v) is 7.55. The largest absolute Gasteiger partial charge is 0.337 e. The van der Waals surface area contributed by atoms with Crippen molar-refractivity contribution in [3.63, 3.8) is 0 Å². The van der Waals surface area contributed by atoms with Crippen molar-refractivity contribution in [2.75, 3.05) is 13.1 Å². The quantitative estimate of drug-likeness (QED) is 0.911. The smallest absolute Gasteiger partial charge is 0.317 e. The molecule has 5 heteroatoms. The Balaban J connectivity index is 1.37. The maximum Gasteiger partial charge on any atom is 0.317 e. The van der Waals surface area contributed by atoms with E-state index in [1.807, 2.05) is 0 Å². The molecule has 2 fully saturated rings. The Morgan fingerprint density at radius 1 is 1.22 bits per heavy atom. The van der Waals surface area contributed by atoms with Crippen LogP contribution in [0, 0.1) is 12.8 Å². The molecule has 1 saturated carbocycles. The molecule has 3 heterocycles. The van der Waals surface area contributed by atoms with Crippen molar-refractivity contribution in [1.82, 2.24) is 19.8 Å². The van der Waals surface area contributed by atoms with E-state index in [0.717, 1.165) is 43.5 Å². The number of hydrogen-bond acceptors (Lipinski definition) is 2. The first-order chi connectivity index (χ1) is 11.2. The average molecular weight is 316 g/mol. The number of amides is 2. The maximum absolute atomic E-state index is 12.6. The SMILES string of the molecule is Cc1cn2c(n1)[C@@H](CNC(=O)N1CC[C@H]3CCCC[C@H]31)CCC2. The molecule has 2 aliphatic heterocycles. The lowest BCUT2D eigenvalue weighted by molar-refractivity contribution is 0.169. The van der Waals surface area contributed by atoms with Crippen LogP contribution in [-0.4, -0.2) is 39.6 Å². The molecule has 23 heavy (non-hydrogen) atoms. The van der Waals surface area contributed by atoms with Crippen molar-refractivity contribution in [2.24, 2.45) is 5.92 Å². The Labute approximate surface area is 138 Å². The van der Waals surface area contributed by atoms with Crippen molar-refractivity contribution in [1.29, 1.82) is 0 Å². The average Bonchev–Trinajstić information content (AvgIpc) is 3.15. The van der Waals surface area contributed by atoms with Gasteiger partial charge in [-0.15, -0.1) is 0 Å². The van der Waals surface area contributed by atoms with Gasteiger partial charge in [0.2, 0.25) is 0 Å². The summed E-state index contributed by atoms with van der Waals surface area (Å²) in [6.45, 7) is 4.79. The maximum atomic E-state index is 12.6. The second-order valence-electron chi connectivity index (χ2n) is 7.55. The third-order valence-corrected chi connectivity index (χ3v) is 6.02. The highest BCUT2D eigenvalue weighted by Gasteiger charge is 2.38. The summed E-state index contributed by atoms with van der Waals surface area (Å²) in [6.07, 6.45) is 10.8. The number of urea groups is 1. The minimum absolute atomic E-state index is 0.153. The Morgan fingerprint density at radius 2 is 2.09 bits per heavy atom. The molecule has 1 aromatic rings. The molecule has 3 atom stereocenters. The van der Waals surface area contributed by atoms with Crippen molar-refractivity contribution < 1.29 is 4.79 Å². The van der Waals surface area contributed by atoms with Gasteiger partial charge < -0.3 is 14.8 Å². The van der Waals surface area contributed by atoms with Gasteiger partial charge in [-0.2, -0.15) is 0 Å². The van der Waals surface area contributed by atoms with Crippen LogP contribution in [0.25, 0.3) is 0 Å². The fraction of sp³-hybridized carbons (Fsp3) is 0.778. The Bertz CT molecular complexity index is 582. The van der Waals surface area contributed by atoms with E-state index >= 15 is 0 Å². The summed E-state index contributed by atoms with van der Waals surface area (Å²) in [4.78, 5) is 19.4. The normalized spacial score (nSPS) is 30.0. The van der Waals surface area contributed by atoms with Crippen molar-refractivity contribution in [3.8, 4) is 0 Å². The highest BCUT2D eigenvalue weighted by Crippen LogP contribution is 2.36. The van der Waals surface area contributed by atoms with Crippen molar-refractivity contribution in [2.45, 2.75) is 70.4 Å². The van der Waals surface area contributed by atoms with Crippen molar-refractivity contribution in [3.05, 3.63) is 17.7 Å². The first kappa shape index (κ1) is 15.0. The molecule has 1 N–H and O–H groups in total. The molecule has 0 bridgehead atoms. The van der Waals surface area contributed by atoms with E-state index < -0.39 is 0 Å². The third-order valence-electron chi connectivity index (χ3n) is 6.02. The molecule has 1 aliphatic carbocycles. The van der Waals surface area contributed by atoms with Crippen LogP contribution in [0.4, 0.5) is 4.79 Å². The summed E-state index contributed by atoms with van der Waals surface area (Å²) < 4.78 is 2.27. The molecule has 0 spiro atoms. The van der Waals surface area contributed by atoms with Gasteiger partial charge in [-0.3, -0.25) is 0 Å². The first-order valence-corrected chi connectivity index (χ1v) is 9.30. The van der Waals surface area contributed by atoms with Gasteiger partial charge in [0.25, 0.3) is 0 Å². The van der Waals surface area contributed by atoms with Crippen LogP contribution >= 0.6 is 0 Å². The minimum Gasteiger partial charge on any atom is -0.337 e. The van der Waals surface area contributed by atoms with Gasteiger partial charge in [-0.05, 0) is 44.9 Å². The number of nitrogens with one attached hydrogen (secondary N) is 1. The molecule has 3 aliphatic rings. The molecule has 0 aromatic carbocycles. The van der Waals surface area contributed by atoms with E-state index in [-0.39, 0.29) is 6.03 Å². The van der Waals surface area contributed by atoms with Crippen LogP contribution < -0.4 is 5.32 Å². The van der Waals surface area contributed by atoms with E-state index in [1.54, 1.807) is 0 Å². The molecule has 1 aromatic heterocycles. The van der Waals surface area contributed by atoms with Crippen LogP contribution in [0.5, 0.6) is 0 Å². The van der Waals surface area contributed by atoms with Crippen LogP contribution in [0.15, 0.2) is 6.20 Å². The number of nitrogens with zero attached hydrogens (tertiary/aromatic N) is 3. The zero-order valence-corrected chi connectivity index (χ0v) is 14.1. The zero-order chi connectivity index (χ0) is 15.8. The van der Waals surface area contributed by atoms with E-state index in [4.69, 9.17) is 0 Å². The van der Waals surface area contributed by atoms with Gasteiger partial charge in [0, 0.05) is 37.8 Å². The number of aromatic nitrogens is 2. The molecule has 1 saturated heterocycles. The summed E-state index contributed by atoms with van der Waals surface area (Å²) in [6, 6.07) is 0.652. The number of hydrogen-bond donors (Lipinski definition) is 1. The van der Waals surface area contributed by atoms with Crippen LogP contribution in [0.3, 0.4) is 0 Å². The Hall–Kier alpha value is -1.52. The molecular formula is C18H28N4O. The van der Waals surface area contributed by atoms with Gasteiger partial charge in [0.15, 0.2) is 0 Å². The molecular weight excluding hydrogens is 288 g/mol. The van der Waals surface area contributed by atoms with E-state index in [2.05, 4.69) is 32.9 Å². The lowest BCUT2D eigenvalue weighted by Gasteiger charge is -2.32. The molecule has 2 amide bonds. The van der Waals surface area contributed by atoms with Crippen LogP contribution in [-0.2, 0) is 6.54 Å². The van der Waals surface area contributed by atoms with Gasteiger partial charge in [-0.1, -0.05) is 12.8 Å². The summed E-state index contributed by atoms with van der Waals surface area (Å²) in [5.74, 6) is 2.28. The Morgan fingerprint density at radius 3 is 3.00 bits per heavy atom.